The number of nitrogens with zero attached hydrogens (tertiary/aromatic N) is 1. The average molecular weight is 478 g/mol. The Bertz CT molecular complexity index is 1090. The van der Waals surface area contributed by atoms with Crippen LogP contribution in [0.1, 0.15) is 39.7 Å². The normalized spacial score (nSPS) is 20.8. The van der Waals surface area contributed by atoms with Gasteiger partial charge in [0.25, 0.3) is 0 Å². The van der Waals surface area contributed by atoms with E-state index in [0.717, 1.165) is 28.2 Å². The molecule has 1 aliphatic heterocycles. The molecule has 1 aliphatic rings. The van der Waals surface area contributed by atoms with E-state index in [0.29, 0.717) is 23.0 Å². The summed E-state index contributed by atoms with van der Waals surface area (Å²) in [6, 6.07) is 12.0. The predicted molar refractivity (Wildman–Crippen MR) is 133 cm³/mol. The Morgan fingerprint density at radius 2 is 1.58 bits per heavy atom. The first-order valence-electron chi connectivity index (χ1n) is 10.8. The first-order chi connectivity index (χ1) is 14.5. The second-order valence-electron chi connectivity index (χ2n) is 10.0. The SMILES string of the molecule is CC(C)(C)[Si](C)(C)O[C@@H]1CNC(=O)CC[C@H]1n1c2ccc(Cl)cc2c2cc(Cl)ccc21. The maximum Gasteiger partial charge on any atom is 0.220 e. The number of nitrogens with one attached hydrogen (secondary N) is 1. The third kappa shape index (κ3) is 4.25. The fraction of sp³-hybridized carbons (Fsp3) is 0.458. The van der Waals surface area contributed by atoms with Crippen molar-refractivity contribution in [3.63, 3.8) is 0 Å². The van der Waals surface area contributed by atoms with Gasteiger partial charge in [-0.1, -0.05) is 44.0 Å². The largest absolute Gasteiger partial charge is 0.410 e. The van der Waals surface area contributed by atoms with Gasteiger partial charge < -0.3 is 14.3 Å². The van der Waals surface area contributed by atoms with E-state index >= 15 is 0 Å². The van der Waals surface area contributed by atoms with Crippen LogP contribution in [0.25, 0.3) is 21.8 Å². The molecule has 7 heteroatoms. The van der Waals surface area contributed by atoms with Crippen LogP contribution < -0.4 is 5.32 Å². The monoisotopic (exact) mass is 476 g/mol. The number of fused-ring (bicyclic) bond motifs is 3. The highest BCUT2D eigenvalue weighted by molar-refractivity contribution is 6.74. The summed E-state index contributed by atoms with van der Waals surface area (Å²) in [5.74, 6) is 0.0817. The Morgan fingerprint density at radius 3 is 2.10 bits per heavy atom. The van der Waals surface area contributed by atoms with Crippen molar-refractivity contribution in [2.45, 2.75) is 63.9 Å². The average Bonchev–Trinajstić information content (AvgIpc) is 2.86. The number of hydrogen-bond acceptors (Lipinski definition) is 2. The number of halogens is 2. The molecule has 1 aromatic heterocycles. The summed E-state index contributed by atoms with van der Waals surface area (Å²) < 4.78 is 9.25. The van der Waals surface area contributed by atoms with Gasteiger partial charge in [0.15, 0.2) is 8.32 Å². The first kappa shape index (κ1) is 22.7. The maximum atomic E-state index is 12.3. The van der Waals surface area contributed by atoms with E-state index in [9.17, 15) is 4.79 Å². The van der Waals surface area contributed by atoms with Crippen molar-refractivity contribution in [1.29, 1.82) is 0 Å². The molecule has 4 rings (SSSR count). The molecule has 1 N–H and O–H groups in total. The van der Waals surface area contributed by atoms with Gasteiger partial charge in [-0.05, 0) is 61.0 Å². The lowest BCUT2D eigenvalue weighted by Gasteiger charge is -2.41. The predicted octanol–water partition coefficient (Wildman–Crippen LogP) is 6.94. The lowest BCUT2D eigenvalue weighted by Crippen LogP contribution is -2.48. The summed E-state index contributed by atoms with van der Waals surface area (Å²) in [5.41, 5.74) is 2.18. The van der Waals surface area contributed by atoms with Crippen LogP contribution in [0.4, 0.5) is 0 Å². The van der Waals surface area contributed by atoms with E-state index in [1.54, 1.807) is 0 Å². The summed E-state index contributed by atoms with van der Waals surface area (Å²) in [5, 5.41) is 6.68. The van der Waals surface area contributed by atoms with Crippen LogP contribution in [-0.2, 0) is 9.22 Å². The molecule has 2 heterocycles. The van der Waals surface area contributed by atoms with Crippen LogP contribution in [0, 0.1) is 0 Å². The van der Waals surface area contributed by atoms with Gasteiger partial charge in [-0.3, -0.25) is 4.79 Å². The summed E-state index contributed by atoms with van der Waals surface area (Å²) in [7, 11) is -2.05. The molecule has 1 fully saturated rings. The van der Waals surface area contributed by atoms with Crippen LogP contribution in [0.5, 0.6) is 0 Å². The lowest BCUT2D eigenvalue weighted by molar-refractivity contribution is -0.120. The van der Waals surface area contributed by atoms with Crippen molar-refractivity contribution in [2.75, 3.05) is 6.54 Å². The smallest absolute Gasteiger partial charge is 0.220 e. The molecule has 0 saturated carbocycles. The molecule has 3 aromatic rings. The van der Waals surface area contributed by atoms with Crippen molar-refractivity contribution in [3.05, 3.63) is 46.4 Å². The Morgan fingerprint density at radius 1 is 1.03 bits per heavy atom. The van der Waals surface area contributed by atoms with E-state index in [1.807, 2.05) is 24.3 Å². The van der Waals surface area contributed by atoms with Crippen LogP contribution in [0.2, 0.25) is 28.2 Å². The van der Waals surface area contributed by atoms with E-state index in [2.05, 4.69) is 55.9 Å². The van der Waals surface area contributed by atoms with E-state index < -0.39 is 8.32 Å². The van der Waals surface area contributed by atoms with Gasteiger partial charge in [0.2, 0.25) is 5.91 Å². The minimum atomic E-state index is -2.05. The van der Waals surface area contributed by atoms with Crippen molar-refractivity contribution in [2.24, 2.45) is 0 Å². The van der Waals surface area contributed by atoms with Crippen LogP contribution >= 0.6 is 23.2 Å². The fourth-order valence-corrected chi connectivity index (χ4v) is 5.92. The number of rotatable bonds is 3. The molecule has 2 atom stereocenters. The Balaban J connectivity index is 1.91. The zero-order chi connectivity index (χ0) is 22.6. The van der Waals surface area contributed by atoms with Crippen LogP contribution in [-0.4, -0.2) is 31.4 Å². The van der Waals surface area contributed by atoms with Gasteiger partial charge in [0, 0.05) is 44.8 Å². The Hall–Kier alpha value is -1.53. The highest BCUT2D eigenvalue weighted by Crippen LogP contribution is 2.42. The van der Waals surface area contributed by atoms with E-state index in [1.165, 1.54) is 0 Å². The number of carbonyl (C=O) groups excluding carboxylic acids is 1. The molecule has 4 nitrogen and oxygen atoms in total. The third-order valence-electron chi connectivity index (χ3n) is 6.91. The molecule has 0 radical (unpaired) electrons. The molecule has 0 aliphatic carbocycles. The first-order valence-corrected chi connectivity index (χ1v) is 14.5. The molecular formula is C24H30Cl2N2O2Si. The highest BCUT2D eigenvalue weighted by Gasteiger charge is 2.42. The summed E-state index contributed by atoms with van der Waals surface area (Å²) >= 11 is 12.7. The van der Waals surface area contributed by atoms with Gasteiger partial charge >= 0.3 is 0 Å². The minimum absolute atomic E-state index is 0.0235. The quantitative estimate of drug-likeness (QED) is 0.415. The zero-order valence-electron chi connectivity index (χ0n) is 18.8. The zero-order valence-corrected chi connectivity index (χ0v) is 21.3. The highest BCUT2D eigenvalue weighted by atomic mass is 35.5. The molecule has 166 valence electrons. The fourth-order valence-electron chi connectivity index (χ4n) is 4.23. The number of hydrogen-bond donors (Lipinski definition) is 1. The Labute approximate surface area is 195 Å². The van der Waals surface area contributed by atoms with Crippen molar-refractivity contribution < 1.29 is 9.22 Å². The van der Waals surface area contributed by atoms with E-state index in [4.69, 9.17) is 27.6 Å². The van der Waals surface area contributed by atoms with Gasteiger partial charge in [0.05, 0.1) is 12.1 Å². The molecular weight excluding hydrogens is 447 g/mol. The lowest BCUT2D eigenvalue weighted by atomic mass is 10.1. The molecule has 1 amide bonds. The number of benzene rings is 2. The topological polar surface area (TPSA) is 43.3 Å². The minimum Gasteiger partial charge on any atom is -0.410 e. The summed E-state index contributed by atoms with van der Waals surface area (Å²) in [4.78, 5) is 12.3. The van der Waals surface area contributed by atoms with Crippen molar-refractivity contribution in [3.8, 4) is 0 Å². The third-order valence-corrected chi connectivity index (χ3v) is 11.9. The van der Waals surface area contributed by atoms with Gasteiger partial charge in [-0.15, -0.1) is 0 Å². The molecule has 2 aromatic carbocycles. The van der Waals surface area contributed by atoms with E-state index in [-0.39, 0.29) is 23.1 Å². The molecule has 1 saturated heterocycles. The molecule has 31 heavy (non-hydrogen) atoms. The van der Waals surface area contributed by atoms with Gasteiger partial charge in [0.1, 0.15) is 0 Å². The molecule has 0 unspecified atom stereocenters. The van der Waals surface area contributed by atoms with Gasteiger partial charge in [-0.2, -0.15) is 0 Å². The summed E-state index contributed by atoms with van der Waals surface area (Å²) in [6.45, 7) is 11.8. The van der Waals surface area contributed by atoms with Crippen molar-refractivity contribution >= 4 is 59.2 Å². The van der Waals surface area contributed by atoms with Crippen LogP contribution in [0.15, 0.2) is 36.4 Å². The van der Waals surface area contributed by atoms with Crippen molar-refractivity contribution in [1.82, 2.24) is 9.88 Å². The standard InChI is InChI=1S/C24H30Cl2N2O2Si/c1-24(2,3)31(4,5)30-22-14-27-23(29)11-10-21(22)28-19-8-6-15(25)12-17(19)18-13-16(26)7-9-20(18)28/h6-9,12-13,21-22H,10-11,14H2,1-5H3,(H,27,29)/t21-,22-/m1/s1. The Kier molecular flexibility index (Phi) is 5.92. The maximum absolute atomic E-state index is 12.3. The number of carbonyl (C=O) groups is 1. The second kappa shape index (κ2) is 8.11. The molecule has 0 bridgehead atoms. The van der Waals surface area contributed by atoms with Gasteiger partial charge in [-0.25, -0.2) is 0 Å². The second-order valence-corrected chi connectivity index (χ2v) is 15.6. The molecule has 0 spiro atoms. The number of amides is 1. The summed E-state index contributed by atoms with van der Waals surface area (Å²) in [6.07, 6.45) is 1.08. The number of aromatic nitrogens is 1. The van der Waals surface area contributed by atoms with Crippen LogP contribution in [0.3, 0.4) is 0 Å².